The van der Waals surface area contributed by atoms with Crippen molar-refractivity contribution in [2.75, 3.05) is 0 Å². The Balaban J connectivity index is 0.00000144. The van der Waals surface area contributed by atoms with Crippen LogP contribution in [0.3, 0.4) is 0 Å². The molecule has 4 N–H and O–H groups in total. The number of nitrogens with one attached hydrogen (secondary N) is 2. The Morgan fingerprint density at radius 2 is 2.38 bits per heavy atom. The predicted molar refractivity (Wildman–Crippen MR) is 47.6 cm³/mol. The zero-order valence-electron chi connectivity index (χ0n) is 6.61. The maximum absolute atomic E-state index is 10.7. The van der Waals surface area contributed by atoms with Crippen molar-refractivity contribution in [3.63, 3.8) is 0 Å². The number of pyridine rings is 1. The normalized spacial score (nSPS) is 8.85. The topological polar surface area (TPSA) is 113 Å². The Hall–Kier alpha value is -2.13. The lowest BCUT2D eigenvalue weighted by Gasteiger charge is -1.89. The van der Waals surface area contributed by atoms with E-state index >= 15 is 0 Å². The van der Waals surface area contributed by atoms with Crippen LogP contribution >= 0.6 is 0 Å². The second kappa shape index (κ2) is 5.51. The fraction of sp³-hybridized carbons (Fsp3) is 0. The molecule has 0 spiro atoms. The third-order valence-corrected chi connectivity index (χ3v) is 1.09. The number of aromatic amines is 1. The number of rotatable bonds is 2. The average molecular weight is 180 g/mol. The van der Waals surface area contributed by atoms with Crippen molar-refractivity contribution in [3.05, 3.63) is 28.6 Å². The van der Waals surface area contributed by atoms with Crippen LogP contribution in [-0.4, -0.2) is 16.8 Å². The summed E-state index contributed by atoms with van der Waals surface area (Å²) in [5.74, 6) is 0.408. The van der Waals surface area contributed by atoms with Gasteiger partial charge < -0.3 is 10.5 Å². The molecule has 1 rings (SSSR count). The number of nitrogens with zero attached hydrogens (tertiary/aromatic N) is 2. The lowest BCUT2D eigenvalue weighted by atomic mass is 10.5. The van der Waals surface area contributed by atoms with Crippen LogP contribution in [-0.2, 0) is 0 Å². The molecule has 0 fully saturated rings. The molecule has 0 unspecified atom stereocenters. The molecule has 1 aromatic heterocycles. The van der Waals surface area contributed by atoms with Crippen LogP contribution in [0, 0.1) is 11.5 Å². The monoisotopic (exact) mass is 180 g/mol. The lowest BCUT2D eigenvalue weighted by molar-refractivity contribution is 0.824. The van der Waals surface area contributed by atoms with Crippen molar-refractivity contribution in [1.82, 2.24) is 10.3 Å². The summed E-state index contributed by atoms with van der Waals surface area (Å²) in [6.45, 7) is 0. The van der Waals surface area contributed by atoms with Crippen LogP contribution in [0.4, 0.5) is 5.82 Å². The molecule has 0 saturated carbocycles. The summed E-state index contributed by atoms with van der Waals surface area (Å²) in [7, 11) is 0. The van der Waals surface area contributed by atoms with Gasteiger partial charge >= 0.3 is 0 Å². The molecule has 68 valence electrons. The maximum atomic E-state index is 10.7. The van der Waals surface area contributed by atoms with Gasteiger partial charge in [-0.05, 0) is 6.07 Å². The van der Waals surface area contributed by atoms with E-state index in [-0.39, 0.29) is 11.0 Å². The summed E-state index contributed by atoms with van der Waals surface area (Å²) in [6, 6.07) is 4.59. The van der Waals surface area contributed by atoms with E-state index in [1.54, 1.807) is 18.3 Å². The molecule has 0 radical (unpaired) electrons. The van der Waals surface area contributed by atoms with Crippen molar-refractivity contribution in [3.8, 4) is 6.19 Å². The van der Waals surface area contributed by atoms with Crippen molar-refractivity contribution < 1.29 is 5.48 Å². The molecular weight excluding hydrogens is 172 g/mol. The Morgan fingerprint density at radius 3 is 3.00 bits per heavy atom. The summed E-state index contributed by atoms with van der Waals surface area (Å²) in [5, 5.41) is 10.3. The maximum Gasteiger partial charge on any atom is 0.249 e. The van der Waals surface area contributed by atoms with Crippen LogP contribution in [0.2, 0.25) is 0 Å². The average Bonchev–Trinajstić information content (AvgIpc) is 2.05. The van der Waals surface area contributed by atoms with Crippen molar-refractivity contribution >= 4 is 12.2 Å². The van der Waals surface area contributed by atoms with E-state index in [9.17, 15) is 4.79 Å². The van der Waals surface area contributed by atoms with Gasteiger partial charge in [-0.3, -0.25) is 10.1 Å². The smallest absolute Gasteiger partial charge is 0.249 e. The Labute approximate surface area is 73.9 Å². The standard InChI is InChI=1S/C7H6N4O.H2O/c8-4-9-5-10-6-2-1-3-7(12)11-6;/h1-3,5H,(H2,9,10,11,12);1H2. The Morgan fingerprint density at radius 1 is 1.62 bits per heavy atom. The highest BCUT2D eigenvalue weighted by molar-refractivity contribution is 5.60. The molecule has 0 saturated heterocycles. The molecule has 1 heterocycles. The molecule has 0 aromatic carbocycles. The molecule has 6 nitrogen and oxygen atoms in total. The first kappa shape index (κ1) is 10.9. The molecule has 0 aliphatic rings. The number of nitriles is 1. The minimum absolute atomic E-state index is 0. The Kier molecular flexibility index (Phi) is 4.61. The largest absolute Gasteiger partial charge is 0.412 e. The second-order valence-electron chi connectivity index (χ2n) is 1.91. The van der Waals surface area contributed by atoms with Crippen LogP contribution in [0.1, 0.15) is 0 Å². The molecule has 0 amide bonds. The summed E-state index contributed by atoms with van der Waals surface area (Å²) in [5.41, 5.74) is -0.221. The molecule has 0 atom stereocenters. The van der Waals surface area contributed by atoms with Crippen molar-refractivity contribution in [2.24, 2.45) is 4.99 Å². The van der Waals surface area contributed by atoms with Gasteiger partial charge in [0.25, 0.3) is 0 Å². The number of aromatic nitrogens is 1. The summed E-state index contributed by atoms with van der Waals surface area (Å²) < 4.78 is 0. The van der Waals surface area contributed by atoms with Crippen LogP contribution in [0.5, 0.6) is 0 Å². The van der Waals surface area contributed by atoms with E-state index in [1.807, 2.05) is 0 Å². The minimum Gasteiger partial charge on any atom is -0.412 e. The first-order valence-electron chi connectivity index (χ1n) is 3.19. The highest BCUT2D eigenvalue weighted by Gasteiger charge is 1.85. The lowest BCUT2D eigenvalue weighted by Crippen LogP contribution is -2.03. The number of H-pyrrole nitrogens is 1. The molecular formula is C7H8N4O2. The summed E-state index contributed by atoms with van der Waals surface area (Å²) >= 11 is 0. The number of hydrogen-bond donors (Lipinski definition) is 2. The van der Waals surface area contributed by atoms with Crippen LogP contribution in [0.25, 0.3) is 0 Å². The minimum atomic E-state index is -0.221. The van der Waals surface area contributed by atoms with Gasteiger partial charge in [0.2, 0.25) is 5.56 Å². The van der Waals surface area contributed by atoms with Gasteiger partial charge in [0.15, 0.2) is 6.19 Å². The Bertz CT molecular complexity index is 377. The molecule has 13 heavy (non-hydrogen) atoms. The first-order valence-corrected chi connectivity index (χ1v) is 3.19. The summed E-state index contributed by atoms with van der Waals surface area (Å²) in [6.07, 6.45) is 2.86. The molecule has 0 aliphatic heterocycles. The number of hydrogen-bond acceptors (Lipinski definition) is 3. The number of aliphatic imine (C=N–C) groups is 1. The van der Waals surface area contributed by atoms with Gasteiger partial charge in [-0.25, -0.2) is 4.99 Å². The zero-order valence-corrected chi connectivity index (χ0v) is 6.61. The highest BCUT2D eigenvalue weighted by atomic mass is 16.1. The fourth-order valence-electron chi connectivity index (χ4n) is 0.642. The van der Waals surface area contributed by atoms with Gasteiger partial charge in [0.1, 0.15) is 12.2 Å². The van der Waals surface area contributed by atoms with E-state index < -0.39 is 0 Å². The molecule has 6 heteroatoms. The predicted octanol–water partition coefficient (Wildman–Crippen LogP) is -0.719. The van der Waals surface area contributed by atoms with E-state index in [2.05, 4.69) is 15.3 Å². The first-order chi connectivity index (χ1) is 5.83. The van der Waals surface area contributed by atoms with Crippen molar-refractivity contribution in [2.45, 2.75) is 0 Å². The van der Waals surface area contributed by atoms with Crippen molar-refractivity contribution in [1.29, 1.82) is 5.26 Å². The SMILES string of the molecule is N#CNC=Nc1cccc(=O)[nH]1.O. The third-order valence-electron chi connectivity index (χ3n) is 1.09. The van der Waals surface area contributed by atoms with Gasteiger partial charge in [-0.2, -0.15) is 5.26 Å². The van der Waals surface area contributed by atoms with E-state index in [0.717, 1.165) is 0 Å². The van der Waals surface area contributed by atoms with Gasteiger partial charge in [0.05, 0.1) is 0 Å². The van der Waals surface area contributed by atoms with Gasteiger partial charge in [-0.15, -0.1) is 0 Å². The quantitative estimate of drug-likeness (QED) is 0.271. The second-order valence-corrected chi connectivity index (χ2v) is 1.91. The third kappa shape index (κ3) is 3.69. The van der Waals surface area contributed by atoms with E-state index in [0.29, 0.717) is 5.82 Å². The summed E-state index contributed by atoms with van der Waals surface area (Å²) in [4.78, 5) is 16.9. The fourth-order valence-corrected chi connectivity index (χ4v) is 0.642. The van der Waals surface area contributed by atoms with Crippen LogP contribution < -0.4 is 10.9 Å². The zero-order chi connectivity index (χ0) is 8.81. The van der Waals surface area contributed by atoms with E-state index in [4.69, 9.17) is 5.26 Å². The van der Waals surface area contributed by atoms with Gasteiger partial charge in [0, 0.05) is 6.07 Å². The van der Waals surface area contributed by atoms with E-state index in [1.165, 1.54) is 12.4 Å². The molecule has 1 aromatic rings. The highest BCUT2D eigenvalue weighted by Crippen LogP contribution is 1.99. The molecule has 0 bridgehead atoms. The van der Waals surface area contributed by atoms with Gasteiger partial charge in [-0.1, -0.05) is 6.07 Å². The van der Waals surface area contributed by atoms with Crippen LogP contribution in [0.15, 0.2) is 28.0 Å². The molecule has 0 aliphatic carbocycles.